The fraction of sp³-hybridized carbons (Fsp3) is 0.708. The maximum Gasteiger partial charge on any atom is 0.333 e. The van der Waals surface area contributed by atoms with Crippen molar-refractivity contribution >= 4 is 29.8 Å². The van der Waals surface area contributed by atoms with Gasteiger partial charge in [-0.15, -0.1) is 0 Å². The van der Waals surface area contributed by atoms with Crippen molar-refractivity contribution in [3.8, 4) is 0 Å². The highest BCUT2D eigenvalue weighted by atomic mass is 16.7. The molecular formula is C24H37NO13. The van der Waals surface area contributed by atoms with Crippen molar-refractivity contribution in [2.24, 2.45) is 0 Å². The second-order valence-corrected chi connectivity index (χ2v) is 8.23. The van der Waals surface area contributed by atoms with Crippen LogP contribution in [0.2, 0.25) is 0 Å². The summed E-state index contributed by atoms with van der Waals surface area (Å²) in [7, 11) is 0. The number of ether oxygens (including phenoxy) is 8. The van der Waals surface area contributed by atoms with E-state index in [0.29, 0.717) is 5.57 Å². The number of hydrogen-bond donors (Lipinski definition) is 1. The quantitative estimate of drug-likeness (QED) is 0.117. The zero-order chi connectivity index (χ0) is 28.7. The highest BCUT2D eigenvalue weighted by Gasteiger charge is 2.51. The van der Waals surface area contributed by atoms with E-state index in [2.05, 4.69) is 11.9 Å². The Hall–Kier alpha value is -3.07. The Balaban J connectivity index is 2.72. The van der Waals surface area contributed by atoms with Crippen LogP contribution in [0.1, 0.15) is 34.6 Å². The molecule has 1 N–H and O–H groups in total. The molecule has 0 radical (unpaired) electrons. The summed E-state index contributed by atoms with van der Waals surface area (Å²) in [5, 5.41) is 2.60. The van der Waals surface area contributed by atoms with E-state index in [1.165, 1.54) is 13.8 Å². The summed E-state index contributed by atoms with van der Waals surface area (Å²) in [5.74, 6) is -2.98. The first-order chi connectivity index (χ1) is 17.9. The Bertz CT molecular complexity index is 830. The zero-order valence-electron chi connectivity index (χ0n) is 22.4. The summed E-state index contributed by atoms with van der Waals surface area (Å²) in [4.78, 5) is 58.1. The van der Waals surface area contributed by atoms with Crippen LogP contribution in [0.15, 0.2) is 12.2 Å². The Morgan fingerprint density at radius 3 is 1.82 bits per heavy atom. The minimum Gasteiger partial charge on any atom is -0.463 e. The fourth-order valence-corrected chi connectivity index (χ4v) is 3.29. The standard InChI is InChI=1S/C24H37NO13/c1-14(2)23(30)33-11-9-31-7-8-32-10-12-34-24-20(25-15(3)26)22(37-18(6)29)21(36-17(5)28)19(38-24)13-35-16(4)27/h19-22,24H,1,7-13H2,2-6H3,(H,25,26)/t19-,20-,21+,22-,24?/m1/s1. The van der Waals surface area contributed by atoms with E-state index in [1.54, 1.807) is 6.92 Å². The van der Waals surface area contributed by atoms with E-state index in [-0.39, 0.29) is 46.2 Å². The van der Waals surface area contributed by atoms with Gasteiger partial charge in [-0.05, 0) is 6.92 Å². The lowest BCUT2D eigenvalue weighted by Crippen LogP contribution is -2.66. The molecule has 0 aromatic heterocycles. The third-order valence-electron chi connectivity index (χ3n) is 4.76. The molecule has 5 atom stereocenters. The second-order valence-electron chi connectivity index (χ2n) is 8.23. The van der Waals surface area contributed by atoms with Crippen molar-refractivity contribution in [1.82, 2.24) is 5.32 Å². The van der Waals surface area contributed by atoms with Crippen molar-refractivity contribution in [3.63, 3.8) is 0 Å². The van der Waals surface area contributed by atoms with Crippen LogP contribution in [-0.2, 0) is 61.9 Å². The third-order valence-corrected chi connectivity index (χ3v) is 4.76. The molecule has 0 saturated carbocycles. The lowest BCUT2D eigenvalue weighted by molar-refractivity contribution is -0.279. The van der Waals surface area contributed by atoms with Crippen LogP contribution in [0.4, 0.5) is 0 Å². The van der Waals surface area contributed by atoms with E-state index in [9.17, 15) is 24.0 Å². The zero-order valence-corrected chi connectivity index (χ0v) is 22.4. The smallest absolute Gasteiger partial charge is 0.333 e. The molecule has 1 aliphatic rings. The number of carbonyl (C=O) groups is 5. The third kappa shape index (κ3) is 12.9. The van der Waals surface area contributed by atoms with Gasteiger partial charge in [0.2, 0.25) is 5.91 Å². The Morgan fingerprint density at radius 2 is 1.29 bits per heavy atom. The van der Waals surface area contributed by atoms with E-state index in [1.807, 2.05) is 0 Å². The molecule has 1 fully saturated rings. The van der Waals surface area contributed by atoms with Crippen LogP contribution in [0.25, 0.3) is 0 Å². The molecule has 1 rings (SSSR count). The van der Waals surface area contributed by atoms with Crippen molar-refractivity contribution in [3.05, 3.63) is 12.2 Å². The van der Waals surface area contributed by atoms with Gasteiger partial charge in [-0.3, -0.25) is 19.2 Å². The Morgan fingerprint density at radius 1 is 0.737 bits per heavy atom. The van der Waals surface area contributed by atoms with E-state index >= 15 is 0 Å². The van der Waals surface area contributed by atoms with Crippen LogP contribution in [-0.4, -0.2) is 107 Å². The molecule has 0 aromatic rings. The molecule has 14 heteroatoms. The first-order valence-corrected chi connectivity index (χ1v) is 11.9. The van der Waals surface area contributed by atoms with Gasteiger partial charge in [-0.25, -0.2) is 4.79 Å². The van der Waals surface area contributed by atoms with Crippen LogP contribution >= 0.6 is 0 Å². The van der Waals surface area contributed by atoms with Crippen molar-refractivity contribution in [2.45, 2.75) is 65.3 Å². The predicted molar refractivity (Wildman–Crippen MR) is 127 cm³/mol. The van der Waals surface area contributed by atoms with Gasteiger partial charge in [-0.2, -0.15) is 0 Å². The first kappa shape index (κ1) is 33.0. The van der Waals surface area contributed by atoms with Crippen molar-refractivity contribution < 1.29 is 61.9 Å². The van der Waals surface area contributed by atoms with Gasteiger partial charge in [0.15, 0.2) is 18.5 Å². The molecule has 0 aromatic carbocycles. The number of rotatable bonds is 16. The number of esters is 4. The van der Waals surface area contributed by atoms with Crippen LogP contribution in [0.3, 0.4) is 0 Å². The van der Waals surface area contributed by atoms with Gasteiger partial charge in [-0.1, -0.05) is 6.58 Å². The highest BCUT2D eigenvalue weighted by molar-refractivity contribution is 5.86. The molecule has 14 nitrogen and oxygen atoms in total. The summed E-state index contributed by atoms with van der Waals surface area (Å²) in [6, 6.07) is -1.06. The van der Waals surface area contributed by atoms with Crippen molar-refractivity contribution in [2.75, 3.05) is 46.2 Å². The largest absolute Gasteiger partial charge is 0.463 e. The normalized spacial score (nSPS) is 22.6. The molecule has 1 heterocycles. The van der Waals surface area contributed by atoms with Gasteiger partial charge in [0, 0.05) is 33.3 Å². The summed E-state index contributed by atoms with van der Waals surface area (Å²) in [6.45, 7) is 10.3. The summed E-state index contributed by atoms with van der Waals surface area (Å²) >= 11 is 0. The van der Waals surface area contributed by atoms with Gasteiger partial charge >= 0.3 is 23.9 Å². The molecule has 1 aliphatic heterocycles. The minimum atomic E-state index is -1.20. The topological polar surface area (TPSA) is 171 Å². The summed E-state index contributed by atoms with van der Waals surface area (Å²) in [6.07, 6.45) is -4.63. The number of carbonyl (C=O) groups excluding carboxylic acids is 5. The molecular weight excluding hydrogens is 510 g/mol. The lowest BCUT2D eigenvalue weighted by atomic mass is 9.96. The molecule has 0 spiro atoms. The summed E-state index contributed by atoms with van der Waals surface area (Å²) < 4.78 is 43.0. The van der Waals surface area contributed by atoms with Gasteiger partial charge in [0.25, 0.3) is 0 Å². The molecule has 0 bridgehead atoms. The van der Waals surface area contributed by atoms with Gasteiger partial charge in [0.1, 0.15) is 25.4 Å². The Labute approximate surface area is 221 Å². The van der Waals surface area contributed by atoms with Crippen LogP contribution in [0, 0.1) is 0 Å². The van der Waals surface area contributed by atoms with E-state index in [0.717, 1.165) is 13.8 Å². The predicted octanol–water partition coefficient (Wildman–Crippen LogP) is -0.188. The second kappa shape index (κ2) is 17.4. The molecule has 1 unspecified atom stereocenters. The van der Waals surface area contributed by atoms with E-state index < -0.39 is 60.4 Å². The average Bonchev–Trinajstić information content (AvgIpc) is 2.81. The number of amides is 1. The molecule has 216 valence electrons. The first-order valence-electron chi connectivity index (χ1n) is 11.9. The SMILES string of the molecule is C=C(C)C(=O)OCCOCCOCCOC1O[C@H](COC(C)=O)[C@H](OC(C)=O)[C@H](OC(C)=O)[C@H]1NC(C)=O. The molecule has 1 amide bonds. The summed E-state index contributed by atoms with van der Waals surface area (Å²) in [5.41, 5.74) is 0.301. The minimum absolute atomic E-state index is 0.00227. The number of nitrogens with one attached hydrogen (secondary N) is 1. The monoisotopic (exact) mass is 547 g/mol. The van der Waals surface area contributed by atoms with Crippen molar-refractivity contribution in [1.29, 1.82) is 0 Å². The van der Waals surface area contributed by atoms with Gasteiger partial charge in [0.05, 0.1) is 33.0 Å². The molecule has 1 saturated heterocycles. The fourth-order valence-electron chi connectivity index (χ4n) is 3.29. The van der Waals surface area contributed by atoms with Crippen LogP contribution < -0.4 is 5.32 Å². The lowest BCUT2D eigenvalue weighted by Gasteiger charge is -2.44. The molecule has 0 aliphatic carbocycles. The average molecular weight is 548 g/mol. The number of hydrogen-bond acceptors (Lipinski definition) is 13. The van der Waals surface area contributed by atoms with Crippen LogP contribution in [0.5, 0.6) is 0 Å². The maximum absolute atomic E-state index is 11.9. The van der Waals surface area contributed by atoms with Gasteiger partial charge < -0.3 is 43.2 Å². The molecule has 38 heavy (non-hydrogen) atoms. The highest BCUT2D eigenvalue weighted by Crippen LogP contribution is 2.28. The maximum atomic E-state index is 11.9. The van der Waals surface area contributed by atoms with E-state index in [4.69, 9.17) is 37.9 Å². The Kier molecular flexibility index (Phi) is 15.1.